The van der Waals surface area contributed by atoms with Gasteiger partial charge < -0.3 is 14.7 Å². The van der Waals surface area contributed by atoms with Crippen molar-refractivity contribution in [1.29, 1.82) is 0 Å². The van der Waals surface area contributed by atoms with E-state index in [1.807, 2.05) is 25.2 Å². The second-order valence-corrected chi connectivity index (χ2v) is 4.17. The zero-order valence-corrected chi connectivity index (χ0v) is 10.3. The van der Waals surface area contributed by atoms with E-state index in [4.69, 9.17) is 4.74 Å². The third kappa shape index (κ3) is 4.21. The molecule has 0 bridgehead atoms. The Hall–Kier alpha value is -1.06. The number of aliphatic hydroxyl groups is 1. The lowest BCUT2D eigenvalue weighted by Gasteiger charge is -2.18. The van der Waals surface area contributed by atoms with Gasteiger partial charge in [-0.25, -0.2) is 0 Å². The molecular weight excluding hydrogens is 202 g/mol. The van der Waals surface area contributed by atoms with E-state index in [1.54, 1.807) is 14.0 Å². The SMILES string of the molecule is COc1ccccc1CCN(C)CC(C)O. The van der Waals surface area contributed by atoms with E-state index >= 15 is 0 Å². The van der Waals surface area contributed by atoms with Crippen molar-refractivity contribution < 1.29 is 9.84 Å². The summed E-state index contributed by atoms with van der Waals surface area (Å²) in [5.74, 6) is 0.938. The Balaban J connectivity index is 2.47. The summed E-state index contributed by atoms with van der Waals surface area (Å²) in [4.78, 5) is 2.12. The van der Waals surface area contributed by atoms with Gasteiger partial charge in [0.1, 0.15) is 5.75 Å². The largest absolute Gasteiger partial charge is 0.496 e. The summed E-state index contributed by atoms with van der Waals surface area (Å²) in [6.45, 7) is 3.43. The minimum Gasteiger partial charge on any atom is -0.496 e. The average molecular weight is 223 g/mol. The summed E-state index contributed by atoms with van der Waals surface area (Å²) in [6, 6.07) is 8.05. The number of hydrogen-bond donors (Lipinski definition) is 1. The van der Waals surface area contributed by atoms with E-state index < -0.39 is 0 Å². The van der Waals surface area contributed by atoms with Gasteiger partial charge in [0.25, 0.3) is 0 Å². The zero-order valence-electron chi connectivity index (χ0n) is 10.3. The molecule has 3 heteroatoms. The van der Waals surface area contributed by atoms with Gasteiger partial charge in [-0.05, 0) is 32.0 Å². The fraction of sp³-hybridized carbons (Fsp3) is 0.538. The fourth-order valence-corrected chi connectivity index (χ4v) is 1.76. The molecule has 1 atom stereocenters. The van der Waals surface area contributed by atoms with Crippen LogP contribution in [0.4, 0.5) is 0 Å². The molecule has 0 amide bonds. The Bertz CT molecular complexity index is 313. The molecule has 1 aromatic carbocycles. The predicted molar refractivity (Wildman–Crippen MR) is 65.9 cm³/mol. The highest BCUT2D eigenvalue weighted by atomic mass is 16.5. The summed E-state index contributed by atoms with van der Waals surface area (Å²) in [7, 11) is 3.71. The van der Waals surface area contributed by atoms with Crippen molar-refractivity contribution in [2.45, 2.75) is 19.4 Å². The molecule has 0 aromatic heterocycles. The third-order valence-corrected chi connectivity index (χ3v) is 2.53. The molecule has 0 heterocycles. The summed E-state index contributed by atoms with van der Waals surface area (Å²) >= 11 is 0. The van der Waals surface area contributed by atoms with Crippen LogP contribution in [0.3, 0.4) is 0 Å². The van der Waals surface area contributed by atoms with Crippen molar-refractivity contribution in [2.24, 2.45) is 0 Å². The van der Waals surface area contributed by atoms with Gasteiger partial charge in [0, 0.05) is 13.1 Å². The van der Waals surface area contributed by atoms with Gasteiger partial charge in [-0.2, -0.15) is 0 Å². The quantitative estimate of drug-likeness (QED) is 0.794. The topological polar surface area (TPSA) is 32.7 Å². The maximum absolute atomic E-state index is 9.25. The van der Waals surface area contributed by atoms with Gasteiger partial charge in [-0.3, -0.25) is 0 Å². The van der Waals surface area contributed by atoms with E-state index in [0.29, 0.717) is 6.54 Å². The maximum atomic E-state index is 9.25. The Morgan fingerprint density at radius 2 is 2.06 bits per heavy atom. The second-order valence-electron chi connectivity index (χ2n) is 4.17. The van der Waals surface area contributed by atoms with E-state index in [0.717, 1.165) is 18.7 Å². The van der Waals surface area contributed by atoms with Crippen LogP contribution in [0, 0.1) is 0 Å². The minimum absolute atomic E-state index is 0.275. The van der Waals surface area contributed by atoms with Crippen LogP contribution >= 0.6 is 0 Å². The van der Waals surface area contributed by atoms with Crippen molar-refractivity contribution in [1.82, 2.24) is 4.90 Å². The van der Waals surface area contributed by atoms with Crippen LogP contribution in [0.15, 0.2) is 24.3 Å². The molecule has 0 saturated carbocycles. The zero-order chi connectivity index (χ0) is 12.0. The first-order chi connectivity index (χ1) is 7.63. The first-order valence-electron chi connectivity index (χ1n) is 5.62. The molecule has 0 aliphatic heterocycles. The number of methoxy groups -OCH3 is 1. The summed E-state index contributed by atoms with van der Waals surface area (Å²) in [5.41, 5.74) is 1.21. The standard InChI is InChI=1S/C13H21NO2/c1-11(15)10-14(2)9-8-12-6-4-5-7-13(12)16-3/h4-7,11,15H,8-10H2,1-3H3. The molecule has 0 aliphatic rings. The molecule has 0 fully saturated rings. The van der Waals surface area contributed by atoms with Gasteiger partial charge in [0.2, 0.25) is 0 Å². The number of rotatable bonds is 6. The molecule has 1 rings (SSSR count). The Kier molecular flexibility index (Phi) is 5.29. The van der Waals surface area contributed by atoms with Crippen molar-refractivity contribution in [3.8, 4) is 5.75 Å². The number of nitrogens with zero attached hydrogens (tertiary/aromatic N) is 1. The van der Waals surface area contributed by atoms with E-state index in [-0.39, 0.29) is 6.10 Å². The molecule has 0 spiro atoms. The molecule has 0 radical (unpaired) electrons. The first-order valence-corrected chi connectivity index (χ1v) is 5.62. The number of ether oxygens (including phenoxy) is 1. The molecular formula is C13H21NO2. The van der Waals surface area contributed by atoms with Crippen molar-refractivity contribution in [2.75, 3.05) is 27.2 Å². The van der Waals surface area contributed by atoms with Gasteiger partial charge in [0.05, 0.1) is 13.2 Å². The van der Waals surface area contributed by atoms with Gasteiger partial charge in [-0.1, -0.05) is 18.2 Å². The lowest BCUT2D eigenvalue weighted by molar-refractivity contribution is 0.142. The van der Waals surface area contributed by atoms with Crippen molar-refractivity contribution >= 4 is 0 Å². The molecule has 1 aromatic rings. The normalized spacial score (nSPS) is 12.8. The minimum atomic E-state index is -0.275. The van der Waals surface area contributed by atoms with Crippen molar-refractivity contribution in [3.63, 3.8) is 0 Å². The monoisotopic (exact) mass is 223 g/mol. The van der Waals surface area contributed by atoms with Gasteiger partial charge >= 0.3 is 0 Å². The van der Waals surface area contributed by atoms with Crippen LogP contribution in [0.25, 0.3) is 0 Å². The summed E-state index contributed by atoms with van der Waals surface area (Å²) in [6.07, 6.45) is 0.662. The van der Waals surface area contributed by atoms with Crippen LogP contribution < -0.4 is 4.74 Å². The molecule has 16 heavy (non-hydrogen) atoms. The molecule has 1 N–H and O–H groups in total. The van der Waals surface area contributed by atoms with Gasteiger partial charge in [0.15, 0.2) is 0 Å². The number of aliphatic hydroxyl groups excluding tert-OH is 1. The highest BCUT2D eigenvalue weighted by molar-refractivity contribution is 5.33. The van der Waals surface area contributed by atoms with Crippen LogP contribution in [0.2, 0.25) is 0 Å². The number of hydrogen-bond acceptors (Lipinski definition) is 3. The summed E-state index contributed by atoms with van der Waals surface area (Å²) in [5, 5.41) is 9.25. The predicted octanol–water partition coefficient (Wildman–Crippen LogP) is 1.55. The lowest BCUT2D eigenvalue weighted by atomic mass is 10.1. The average Bonchev–Trinajstić information content (AvgIpc) is 2.26. The Morgan fingerprint density at radius 1 is 1.38 bits per heavy atom. The number of para-hydroxylation sites is 1. The van der Waals surface area contributed by atoms with E-state index in [2.05, 4.69) is 11.0 Å². The van der Waals surface area contributed by atoms with E-state index in [9.17, 15) is 5.11 Å². The fourth-order valence-electron chi connectivity index (χ4n) is 1.76. The lowest BCUT2D eigenvalue weighted by Crippen LogP contribution is -2.29. The molecule has 0 aliphatic carbocycles. The smallest absolute Gasteiger partial charge is 0.122 e. The van der Waals surface area contributed by atoms with Gasteiger partial charge in [-0.15, -0.1) is 0 Å². The Labute approximate surface area is 97.7 Å². The first kappa shape index (κ1) is 13.0. The van der Waals surface area contributed by atoms with Crippen LogP contribution in [0.1, 0.15) is 12.5 Å². The molecule has 0 saturated heterocycles. The maximum Gasteiger partial charge on any atom is 0.122 e. The van der Waals surface area contributed by atoms with Crippen LogP contribution in [0.5, 0.6) is 5.75 Å². The third-order valence-electron chi connectivity index (χ3n) is 2.53. The van der Waals surface area contributed by atoms with E-state index in [1.165, 1.54) is 5.56 Å². The van der Waals surface area contributed by atoms with Crippen LogP contribution in [-0.4, -0.2) is 43.4 Å². The molecule has 1 unspecified atom stereocenters. The second kappa shape index (κ2) is 6.51. The Morgan fingerprint density at radius 3 is 2.69 bits per heavy atom. The van der Waals surface area contributed by atoms with Crippen LogP contribution in [-0.2, 0) is 6.42 Å². The number of benzene rings is 1. The molecule has 3 nitrogen and oxygen atoms in total. The molecule has 90 valence electrons. The highest BCUT2D eigenvalue weighted by Gasteiger charge is 2.05. The summed E-state index contributed by atoms with van der Waals surface area (Å²) < 4.78 is 5.29. The van der Waals surface area contributed by atoms with Crippen molar-refractivity contribution in [3.05, 3.63) is 29.8 Å². The highest BCUT2D eigenvalue weighted by Crippen LogP contribution is 2.17. The number of likely N-dealkylation sites (N-methyl/N-ethyl adjacent to an activating group) is 1.